The first-order valence-electron chi connectivity index (χ1n) is 17.0. The Morgan fingerprint density at radius 2 is 0.680 bits per heavy atom. The molecule has 0 heterocycles. The lowest BCUT2D eigenvalue weighted by Gasteiger charge is -2.16. The second kappa shape index (κ2) is 14.2. The van der Waals surface area contributed by atoms with Crippen LogP contribution in [-0.2, 0) is 0 Å². The molecule has 50 heavy (non-hydrogen) atoms. The Kier molecular flexibility index (Phi) is 8.73. The lowest BCUT2D eigenvalue weighted by Crippen LogP contribution is -1.95. The van der Waals surface area contributed by atoms with Gasteiger partial charge in [-0.1, -0.05) is 158 Å². The molecule has 2 N–H and O–H groups in total. The predicted octanol–water partition coefficient (Wildman–Crippen LogP) is 13.5. The fourth-order valence-corrected chi connectivity index (χ4v) is 6.49. The molecule has 0 atom stereocenters. The molecule has 0 aliphatic heterocycles. The van der Waals surface area contributed by atoms with Crippen molar-refractivity contribution in [3.05, 3.63) is 206 Å². The van der Waals surface area contributed by atoms with E-state index < -0.39 is 0 Å². The third-order valence-corrected chi connectivity index (χ3v) is 9.06. The topological polar surface area (TPSA) is 24.1 Å². The van der Waals surface area contributed by atoms with Gasteiger partial charge in [0.25, 0.3) is 0 Å². The van der Waals surface area contributed by atoms with Crippen molar-refractivity contribution in [3.8, 4) is 55.6 Å². The molecule has 238 valence electrons. The van der Waals surface area contributed by atoms with E-state index in [4.69, 9.17) is 0 Å². The second-order valence-corrected chi connectivity index (χ2v) is 12.4. The van der Waals surface area contributed by atoms with Crippen molar-refractivity contribution in [1.82, 2.24) is 0 Å². The first kappa shape index (κ1) is 30.7. The van der Waals surface area contributed by atoms with Crippen molar-refractivity contribution in [2.24, 2.45) is 0 Å². The molecule has 0 saturated heterocycles. The van der Waals surface area contributed by atoms with E-state index in [1.54, 1.807) is 0 Å². The highest BCUT2D eigenvalue weighted by molar-refractivity contribution is 5.88. The van der Waals surface area contributed by atoms with Crippen molar-refractivity contribution in [3.63, 3.8) is 0 Å². The fraction of sp³-hybridized carbons (Fsp3) is 0. The van der Waals surface area contributed by atoms with Gasteiger partial charge in [-0.2, -0.15) is 0 Å². The van der Waals surface area contributed by atoms with Crippen molar-refractivity contribution >= 4 is 22.7 Å². The number of anilines is 4. The molecule has 0 spiro atoms. The summed E-state index contributed by atoms with van der Waals surface area (Å²) in [5.41, 5.74) is 16.0. The average molecular weight is 641 g/mol. The van der Waals surface area contributed by atoms with E-state index in [2.05, 4.69) is 211 Å². The molecule has 2 nitrogen and oxygen atoms in total. The molecule has 8 aromatic carbocycles. The lowest BCUT2D eigenvalue weighted by atomic mass is 9.94. The zero-order valence-electron chi connectivity index (χ0n) is 27.6. The third kappa shape index (κ3) is 6.82. The fourth-order valence-electron chi connectivity index (χ4n) is 6.49. The van der Waals surface area contributed by atoms with Gasteiger partial charge in [-0.25, -0.2) is 0 Å². The van der Waals surface area contributed by atoms with Crippen molar-refractivity contribution in [2.45, 2.75) is 0 Å². The molecule has 0 saturated carbocycles. The van der Waals surface area contributed by atoms with Crippen molar-refractivity contribution in [2.75, 3.05) is 10.6 Å². The molecule has 0 radical (unpaired) electrons. The minimum absolute atomic E-state index is 1.05. The molecule has 0 unspecified atom stereocenters. The molecule has 0 bridgehead atoms. The van der Waals surface area contributed by atoms with Crippen LogP contribution in [-0.4, -0.2) is 0 Å². The highest BCUT2D eigenvalue weighted by Gasteiger charge is 2.12. The largest absolute Gasteiger partial charge is 0.355 e. The summed E-state index contributed by atoms with van der Waals surface area (Å²) in [6.45, 7) is 0. The van der Waals surface area contributed by atoms with Crippen LogP contribution in [0.25, 0.3) is 55.6 Å². The summed E-state index contributed by atoms with van der Waals surface area (Å²) in [5.74, 6) is 0. The molecular formula is C48H36N2. The van der Waals surface area contributed by atoms with E-state index in [1.807, 2.05) is 6.07 Å². The summed E-state index contributed by atoms with van der Waals surface area (Å²) < 4.78 is 0. The first-order valence-corrected chi connectivity index (χ1v) is 17.0. The molecule has 0 aromatic heterocycles. The van der Waals surface area contributed by atoms with Crippen LogP contribution in [0.5, 0.6) is 0 Å². The van der Waals surface area contributed by atoms with Crippen LogP contribution >= 0.6 is 0 Å². The molecular weight excluding hydrogens is 605 g/mol. The summed E-state index contributed by atoms with van der Waals surface area (Å²) in [6, 6.07) is 72.9. The summed E-state index contributed by atoms with van der Waals surface area (Å²) in [4.78, 5) is 0. The Balaban J connectivity index is 1.10. The molecule has 8 rings (SSSR count). The number of hydrogen-bond donors (Lipinski definition) is 2. The minimum atomic E-state index is 1.05. The van der Waals surface area contributed by atoms with Gasteiger partial charge in [-0.15, -0.1) is 0 Å². The molecule has 0 aliphatic carbocycles. The van der Waals surface area contributed by atoms with Gasteiger partial charge < -0.3 is 10.6 Å². The van der Waals surface area contributed by atoms with Gasteiger partial charge in [-0.05, 0) is 93.0 Å². The molecule has 2 heteroatoms. The van der Waals surface area contributed by atoms with E-state index in [0.717, 1.165) is 45.0 Å². The lowest BCUT2D eigenvalue weighted by molar-refractivity contribution is 1.51. The number of nitrogens with one attached hydrogen (secondary N) is 2. The zero-order chi connectivity index (χ0) is 33.5. The molecule has 8 aromatic rings. The normalized spacial score (nSPS) is 10.8. The van der Waals surface area contributed by atoms with Crippen LogP contribution in [0, 0.1) is 0 Å². The molecule has 0 fully saturated rings. The summed E-state index contributed by atoms with van der Waals surface area (Å²) >= 11 is 0. The highest BCUT2D eigenvalue weighted by Crippen LogP contribution is 2.38. The monoisotopic (exact) mass is 640 g/mol. The maximum absolute atomic E-state index is 3.71. The van der Waals surface area contributed by atoms with E-state index in [-0.39, 0.29) is 0 Å². The Morgan fingerprint density at radius 1 is 0.220 bits per heavy atom. The molecule has 0 amide bonds. The predicted molar refractivity (Wildman–Crippen MR) is 213 cm³/mol. The summed E-state index contributed by atoms with van der Waals surface area (Å²) in [5, 5.41) is 7.41. The van der Waals surface area contributed by atoms with Gasteiger partial charge in [0.2, 0.25) is 0 Å². The first-order chi connectivity index (χ1) is 24.8. The number of hydrogen-bond acceptors (Lipinski definition) is 2. The van der Waals surface area contributed by atoms with E-state index in [0.29, 0.717) is 0 Å². The maximum Gasteiger partial charge on any atom is 0.0464 e. The van der Waals surface area contributed by atoms with Crippen LogP contribution in [0.2, 0.25) is 0 Å². The van der Waals surface area contributed by atoms with Gasteiger partial charge in [0.15, 0.2) is 0 Å². The van der Waals surface area contributed by atoms with E-state index in [9.17, 15) is 0 Å². The smallest absolute Gasteiger partial charge is 0.0464 e. The van der Waals surface area contributed by atoms with Crippen molar-refractivity contribution < 1.29 is 0 Å². The summed E-state index contributed by atoms with van der Waals surface area (Å²) in [7, 11) is 0. The quantitative estimate of drug-likeness (QED) is 0.164. The van der Waals surface area contributed by atoms with Crippen LogP contribution in [0.15, 0.2) is 206 Å². The van der Waals surface area contributed by atoms with E-state index in [1.165, 1.54) is 33.4 Å². The van der Waals surface area contributed by atoms with Crippen LogP contribution in [0.3, 0.4) is 0 Å². The van der Waals surface area contributed by atoms with Crippen LogP contribution in [0.4, 0.5) is 22.7 Å². The number of rotatable bonds is 9. The Morgan fingerprint density at radius 3 is 1.40 bits per heavy atom. The third-order valence-electron chi connectivity index (χ3n) is 9.06. The number of para-hydroxylation sites is 1. The van der Waals surface area contributed by atoms with Gasteiger partial charge in [0.1, 0.15) is 0 Å². The summed E-state index contributed by atoms with van der Waals surface area (Å²) in [6.07, 6.45) is 0. The standard InChI is InChI=1S/C48H36N2/c1-4-14-35(15-5-1)37-26-29-43(30-27-37)49-48-31-28-41(34-46(48)38-18-8-3-9-19-38)39-20-12-22-42(32-39)45-24-10-11-25-47(45)50-44-23-13-21-40(33-44)36-16-6-2-7-17-36/h1-34,49-50H. The van der Waals surface area contributed by atoms with Crippen molar-refractivity contribution in [1.29, 1.82) is 0 Å². The van der Waals surface area contributed by atoms with Gasteiger partial charge in [0.05, 0.1) is 0 Å². The SMILES string of the molecule is c1ccc(-c2ccc(Nc3ccc(-c4cccc(-c5ccccc5Nc5cccc(-c6ccccc6)c5)c4)cc3-c3ccccc3)cc2)cc1. The average Bonchev–Trinajstić information content (AvgIpc) is 3.20. The maximum atomic E-state index is 3.71. The van der Waals surface area contributed by atoms with E-state index >= 15 is 0 Å². The zero-order valence-corrected chi connectivity index (χ0v) is 27.6. The number of benzene rings is 8. The second-order valence-electron chi connectivity index (χ2n) is 12.4. The molecule has 0 aliphatic rings. The van der Waals surface area contributed by atoms with Crippen LogP contribution < -0.4 is 10.6 Å². The minimum Gasteiger partial charge on any atom is -0.355 e. The Bertz CT molecular complexity index is 2350. The Hall–Kier alpha value is -6.64. The van der Waals surface area contributed by atoms with Gasteiger partial charge >= 0.3 is 0 Å². The van der Waals surface area contributed by atoms with Crippen LogP contribution in [0.1, 0.15) is 0 Å². The Labute approximate surface area is 294 Å². The van der Waals surface area contributed by atoms with Gasteiger partial charge in [0, 0.05) is 33.9 Å². The van der Waals surface area contributed by atoms with Gasteiger partial charge in [-0.3, -0.25) is 0 Å². The highest BCUT2D eigenvalue weighted by atomic mass is 14.9.